The maximum atomic E-state index is 5.16. The Morgan fingerprint density at radius 1 is 0.833 bits per heavy atom. The minimum atomic E-state index is -1.10. The predicted molar refractivity (Wildman–Crippen MR) is 148 cm³/mol. The van der Waals surface area contributed by atoms with Gasteiger partial charge in [0.1, 0.15) is 18.2 Å². The maximum absolute atomic E-state index is 5.16. The number of fused-ring (bicyclic) bond motifs is 6. The van der Waals surface area contributed by atoms with E-state index in [1.165, 1.54) is 26.3 Å². The van der Waals surface area contributed by atoms with Gasteiger partial charge in [-0.05, 0) is 41.3 Å². The van der Waals surface area contributed by atoms with Gasteiger partial charge >= 0.3 is 0 Å². The Labute approximate surface area is 212 Å². The van der Waals surface area contributed by atoms with Crippen LogP contribution in [0.25, 0.3) is 44.7 Å². The van der Waals surface area contributed by atoms with Crippen LogP contribution in [-0.4, -0.2) is 30.6 Å². The van der Waals surface area contributed by atoms with Crippen LogP contribution in [0.2, 0.25) is 0 Å². The molecule has 2 aromatic carbocycles. The molecule has 0 aliphatic carbocycles. The second kappa shape index (κ2) is 7.80. The van der Waals surface area contributed by atoms with Crippen LogP contribution in [0.15, 0.2) is 101 Å². The first-order valence-corrected chi connectivity index (χ1v) is 14.4. The number of aromatic nitrogens is 5. The summed E-state index contributed by atoms with van der Waals surface area (Å²) in [6.45, 7) is 4.69. The number of aryl methyl sites for hydroxylation is 1. The number of benzene rings is 2. The van der Waals surface area contributed by atoms with E-state index in [-0.39, 0.29) is 0 Å². The fraction of sp³-hybridized carbons (Fsp3) is 0.167. The topological polar surface area (TPSA) is 39.5 Å². The predicted octanol–water partition coefficient (Wildman–Crippen LogP) is 6.43. The quantitative estimate of drug-likeness (QED) is 0.267. The molecule has 0 fully saturated rings. The second-order valence-electron chi connectivity index (χ2n) is 9.38. The van der Waals surface area contributed by atoms with Gasteiger partial charge in [-0.15, -0.1) is 0 Å². The van der Waals surface area contributed by atoms with E-state index in [4.69, 9.17) is 9.97 Å². The van der Waals surface area contributed by atoms with Crippen LogP contribution in [-0.2, 0) is 7.05 Å². The number of para-hydroxylation sites is 1. The van der Waals surface area contributed by atoms with Crippen molar-refractivity contribution in [2.75, 3.05) is 11.5 Å². The molecule has 5 heterocycles. The summed E-state index contributed by atoms with van der Waals surface area (Å²) in [6.07, 6.45) is 8.19. The molecular formula is C30H28N5S+. The lowest BCUT2D eigenvalue weighted by molar-refractivity contribution is -0.670. The Kier molecular flexibility index (Phi) is 4.63. The van der Waals surface area contributed by atoms with Crippen molar-refractivity contribution < 1.29 is 4.57 Å². The third-order valence-electron chi connectivity index (χ3n) is 7.63. The summed E-state index contributed by atoms with van der Waals surface area (Å²) in [4.78, 5) is 13.2. The molecule has 36 heavy (non-hydrogen) atoms. The summed E-state index contributed by atoms with van der Waals surface area (Å²) in [5.41, 5.74) is 4.71. The van der Waals surface area contributed by atoms with Crippen LogP contribution < -0.4 is 4.57 Å². The van der Waals surface area contributed by atoms with Gasteiger partial charge in [-0.25, -0.2) is 9.55 Å². The van der Waals surface area contributed by atoms with Crippen LogP contribution in [0.1, 0.15) is 13.8 Å². The van der Waals surface area contributed by atoms with Gasteiger partial charge in [-0.3, -0.25) is 4.57 Å². The maximum Gasteiger partial charge on any atom is 0.250 e. The third-order valence-corrected chi connectivity index (χ3v) is 12.0. The lowest BCUT2D eigenvalue weighted by Crippen LogP contribution is -2.23. The first-order chi connectivity index (χ1) is 17.6. The minimum Gasteiger partial charge on any atom is -0.278 e. The van der Waals surface area contributed by atoms with Gasteiger partial charge in [-0.2, -0.15) is 19.6 Å². The average Bonchev–Trinajstić information content (AvgIpc) is 3.58. The molecule has 0 atom stereocenters. The molecule has 0 saturated carbocycles. The van der Waals surface area contributed by atoms with Gasteiger partial charge in [0.15, 0.2) is 5.65 Å². The number of rotatable bonds is 4. The van der Waals surface area contributed by atoms with Crippen molar-refractivity contribution in [2.24, 2.45) is 7.05 Å². The Balaban J connectivity index is 1.52. The van der Waals surface area contributed by atoms with E-state index < -0.39 is 10.0 Å². The van der Waals surface area contributed by atoms with Gasteiger partial charge in [0.2, 0.25) is 12.1 Å². The van der Waals surface area contributed by atoms with Crippen LogP contribution in [0.4, 0.5) is 0 Å². The van der Waals surface area contributed by atoms with Crippen LogP contribution >= 0.6 is 10.0 Å². The van der Waals surface area contributed by atoms with E-state index in [0.29, 0.717) is 0 Å². The smallest absolute Gasteiger partial charge is 0.250 e. The zero-order valence-electron chi connectivity index (χ0n) is 20.7. The number of imidazole rings is 1. The fourth-order valence-corrected chi connectivity index (χ4v) is 9.58. The average molecular weight is 491 g/mol. The molecule has 0 amide bonds. The van der Waals surface area contributed by atoms with Crippen molar-refractivity contribution in [3.05, 3.63) is 91.6 Å². The van der Waals surface area contributed by atoms with Crippen molar-refractivity contribution in [2.45, 2.75) is 23.6 Å². The number of nitrogens with zero attached hydrogens (tertiary/aromatic N) is 5. The summed E-state index contributed by atoms with van der Waals surface area (Å²) in [7, 11) is 0.918. The van der Waals surface area contributed by atoms with Crippen molar-refractivity contribution in [3.63, 3.8) is 0 Å². The molecule has 0 unspecified atom stereocenters. The van der Waals surface area contributed by atoms with Gasteiger partial charge in [0.05, 0.1) is 12.6 Å². The highest BCUT2D eigenvalue weighted by Crippen LogP contribution is 2.71. The molecular weight excluding hydrogens is 462 g/mol. The second-order valence-corrected chi connectivity index (χ2v) is 13.2. The van der Waals surface area contributed by atoms with E-state index in [1.807, 2.05) is 30.3 Å². The summed E-state index contributed by atoms with van der Waals surface area (Å²) >= 11 is 0. The summed E-state index contributed by atoms with van der Waals surface area (Å²) in [5, 5.41) is 2.33. The molecule has 6 heteroatoms. The minimum absolute atomic E-state index is 0.891. The molecule has 178 valence electrons. The highest BCUT2D eigenvalue weighted by molar-refractivity contribution is 8.34. The molecule has 0 N–H and O–H groups in total. The van der Waals surface area contributed by atoms with E-state index in [9.17, 15) is 0 Å². The van der Waals surface area contributed by atoms with Gasteiger partial charge in [0, 0.05) is 38.4 Å². The van der Waals surface area contributed by atoms with Crippen LogP contribution in [0.5, 0.6) is 0 Å². The largest absolute Gasteiger partial charge is 0.278 e. The molecule has 0 spiro atoms. The Morgan fingerprint density at radius 2 is 1.64 bits per heavy atom. The monoisotopic (exact) mass is 490 g/mol. The van der Waals surface area contributed by atoms with E-state index in [1.54, 1.807) is 0 Å². The lowest BCUT2D eigenvalue weighted by atomic mass is 10.1. The Hall–Kier alpha value is -3.90. The highest BCUT2D eigenvalue weighted by atomic mass is 32.3. The van der Waals surface area contributed by atoms with Crippen molar-refractivity contribution >= 4 is 32.0 Å². The van der Waals surface area contributed by atoms with Gasteiger partial charge in [0.25, 0.3) is 0 Å². The molecule has 0 bridgehead atoms. The fourth-order valence-electron chi connectivity index (χ4n) is 5.84. The molecule has 7 rings (SSSR count). The number of hydrogen-bond acceptors (Lipinski definition) is 2. The normalized spacial score (nSPS) is 14.8. The molecule has 5 nitrogen and oxygen atoms in total. The van der Waals surface area contributed by atoms with Gasteiger partial charge < -0.3 is 0 Å². The Morgan fingerprint density at radius 3 is 2.44 bits per heavy atom. The van der Waals surface area contributed by atoms with Crippen molar-refractivity contribution in [3.8, 4) is 22.8 Å². The summed E-state index contributed by atoms with van der Waals surface area (Å²) in [5.74, 6) is 4.10. The van der Waals surface area contributed by atoms with Crippen LogP contribution in [0.3, 0.4) is 0 Å². The SMILES string of the molecule is CCS1(CC)c2ccccc2-c2cnc(-n3c4ccccc4c4ccc(-n5cc[n+](C)c5)nc43)cc21. The van der Waals surface area contributed by atoms with E-state index >= 15 is 0 Å². The molecule has 0 radical (unpaired) electrons. The first-order valence-electron chi connectivity index (χ1n) is 12.5. The molecule has 1 aliphatic rings. The molecule has 4 aromatic heterocycles. The molecule has 6 aromatic rings. The van der Waals surface area contributed by atoms with Gasteiger partial charge in [-0.1, -0.05) is 50.2 Å². The Bertz CT molecular complexity index is 1790. The van der Waals surface area contributed by atoms with Crippen molar-refractivity contribution in [1.82, 2.24) is 19.1 Å². The lowest BCUT2D eigenvalue weighted by Gasteiger charge is -2.36. The number of hydrogen-bond donors (Lipinski definition) is 0. The highest BCUT2D eigenvalue weighted by Gasteiger charge is 2.37. The number of pyridine rings is 2. The third kappa shape index (κ3) is 2.82. The molecule has 1 aliphatic heterocycles. The van der Waals surface area contributed by atoms with E-state index in [2.05, 4.69) is 95.9 Å². The van der Waals surface area contributed by atoms with E-state index in [0.717, 1.165) is 39.7 Å². The van der Waals surface area contributed by atoms with Crippen LogP contribution in [0, 0.1) is 0 Å². The first kappa shape index (κ1) is 21.4. The van der Waals surface area contributed by atoms with Crippen molar-refractivity contribution in [1.29, 1.82) is 0 Å². The standard InChI is InChI=1S/C30H28N5S/c1-4-36(5-2)26-13-9-7-11-22(26)24-19-31-29(18-27(24)36)35-25-12-8-6-10-21(25)23-14-15-28(32-30(23)35)34-17-16-33(3)20-34/h6-20H,4-5H2,1-3H3/q+1. The summed E-state index contributed by atoms with van der Waals surface area (Å²) in [6, 6.07) is 24.1. The summed E-state index contributed by atoms with van der Waals surface area (Å²) < 4.78 is 6.33. The molecule has 0 saturated heterocycles. The zero-order chi connectivity index (χ0) is 24.4. The zero-order valence-corrected chi connectivity index (χ0v) is 21.5.